The molecule has 1 N–H and O–H groups in total. The molecule has 6 nitrogen and oxygen atoms in total. The molecule has 0 radical (unpaired) electrons. The number of imidazole rings is 1. The van der Waals surface area contributed by atoms with Gasteiger partial charge in [0.05, 0.1) is 23.1 Å². The molecule has 6 heteroatoms. The maximum atomic E-state index is 12.4. The van der Waals surface area contributed by atoms with E-state index >= 15 is 0 Å². The summed E-state index contributed by atoms with van der Waals surface area (Å²) in [7, 11) is 0. The van der Waals surface area contributed by atoms with Gasteiger partial charge in [0.1, 0.15) is 6.54 Å². The number of pyridine rings is 2. The molecule has 0 spiro atoms. The van der Waals surface area contributed by atoms with Gasteiger partial charge in [-0.15, -0.1) is 0 Å². The van der Waals surface area contributed by atoms with Crippen LogP contribution in [-0.2, 0) is 17.9 Å². The molecule has 0 bridgehead atoms. The number of nitrogens with one attached hydrogen (secondary N) is 1. The van der Waals surface area contributed by atoms with Gasteiger partial charge in [-0.25, -0.2) is 4.98 Å². The molecule has 4 rings (SSSR count). The molecule has 1 amide bonds. The molecule has 0 saturated heterocycles. The summed E-state index contributed by atoms with van der Waals surface area (Å²) < 4.78 is 1.84. The molecule has 4 aromatic rings. The van der Waals surface area contributed by atoms with Gasteiger partial charge in [-0.3, -0.25) is 14.8 Å². The summed E-state index contributed by atoms with van der Waals surface area (Å²) in [5.74, 6) is -0.0716. The van der Waals surface area contributed by atoms with E-state index in [0.29, 0.717) is 6.54 Å². The molecule has 0 aliphatic rings. The quantitative estimate of drug-likeness (QED) is 0.605. The average Bonchev–Trinajstić information content (AvgIpc) is 3.10. The maximum Gasteiger partial charge on any atom is 0.240 e. The molecule has 0 atom stereocenters. The third-order valence-corrected chi connectivity index (χ3v) is 4.16. The van der Waals surface area contributed by atoms with Crippen LogP contribution in [0.2, 0.25) is 0 Å². The van der Waals surface area contributed by atoms with Gasteiger partial charge in [0.25, 0.3) is 0 Å². The largest absolute Gasteiger partial charge is 0.350 e. The Morgan fingerprint density at radius 3 is 2.69 bits per heavy atom. The first-order valence-electron chi connectivity index (χ1n) is 8.32. The fourth-order valence-electron chi connectivity index (χ4n) is 2.89. The van der Waals surface area contributed by atoms with E-state index in [1.807, 2.05) is 53.1 Å². The topological polar surface area (TPSA) is 72.7 Å². The number of carbonyl (C=O) groups excluding carboxylic acids is 1. The van der Waals surface area contributed by atoms with Crippen molar-refractivity contribution < 1.29 is 4.79 Å². The highest BCUT2D eigenvalue weighted by atomic mass is 16.1. The zero-order chi connectivity index (χ0) is 17.8. The summed E-state index contributed by atoms with van der Waals surface area (Å²) in [5.41, 5.74) is 4.62. The molecule has 0 unspecified atom stereocenters. The second-order valence-electron chi connectivity index (χ2n) is 5.88. The Kier molecular flexibility index (Phi) is 4.38. The zero-order valence-electron chi connectivity index (χ0n) is 14.0. The van der Waals surface area contributed by atoms with Crippen LogP contribution in [0.4, 0.5) is 0 Å². The summed E-state index contributed by atoms with van der Waals surface area (Å²) in [6.45, 7) is 0.641. The number of carbonyl (C=O) groups is 1. The Morgan fingerprint density at radius 1 is 0.962 bits per heavy atom. The Bertz CT molecular complexity index is 1040. The molecular weight excluding hydrogens is 326 g/mol. The van der Waals surface area contributed by atoms with E-state index in [0.717, 1.165) is 27.9 Å². The zero-order valence-corrected chi connectivity index (χ0v) is 14.0. The third-order valence-electron chi connectivity index (χ3n) is 4.16. The fourth-order valence-corrected chi connectivity index (χ4v) is 2.89. The van der Waals surface area contributed by atoms with Crippen LogP contribution in [0, 0.1) is 0 Å². The fraction of sp³-hybridized carbons (Fsp3) is 0.100. The van der Waals surface area contributed by atoms with E-state index in [2.05, 4.69) is 20.3 Å². The van der Waals surface area contributed by atoms with Crippen LogP contribution < -0.4 is 5.32 Å². The molecule has 0 aliphatic heterocycles. The highest BCUT2D eigenvalue weighted by Crippen LogP contribution is 2.20. The molecule has 26 heavy (non-hydrogen) atoms. The Morgan fingerprint density at radius 2 is 1.81 bits per heavy atom. The van der Waals surface area contributed by atoms with Gasteiger partial charge >= 0.3 is 0 Å². The van der Waals surface area contributed by atoms with Crippen molar-refractivity contribution in [2.75, 3.05) is 0 Å². The second kappa shape index (κ2) is 7.14. The van der Waals surface area contributed by atoms with Gasteiger partial charge < -0.3 is 9.88 Å². The number of aromatic nitrogens is 4. The predicted octanol–water partition coefficient (Wildman–Crippen LogP) is 2.81. The van der Waals surface area contributed by atoms with E-state index in [1.165, 1.54) is 0 Å². The van der Waals surface area contributed by atoms with Crippen LogP contribution in [0.5, 0.6) is 0 Å². The number of nitrogens with zero attached hydrogens (tertiary/aromatic N) is 4. The molecule has 3 heterocycles. The molecule has 128 valence electrons. The van der Waals surface area contributed by atoms with E-state index in [9.17, 15) is 4.79 Å². The SMILES string of the molecule is O=C(Cn1cnc2ccccc21)NCc1cccnc1-c1ccncc1. The Balaban J connectivity index is 1.47. The highest BCUT2D eigenvalue weighted by molar-refractivity contribution is 5.80. The molecular formula is C20H17N5O. The lowest BCUT2D eigenvalue weighted by atomic mass is 10.1. The number of fused-ring (bicyclic) bond motifs is 1. The average molecular weight is 343 g/mol. The van der Waals surface area contributed by atoms with Crippen molar-refractivity contribution in [1.82, 2.24) is 24.8 Å². The van der Waals surface area contributed by atoms with Crippen LogP contribution in [0.15, 0.2) is 73.4 Å². The summed E-state index contributed by atoms with van der Waals surface area (Å²) in [6, 6.07) is 15.4. The van der Waals surface area contributed by atoms with E-state index in [4.69, 9.17) is 0 Å². The minimum Gasteiger partial charge on any atom is -0.350 e. The van der Waals surface area contributed by atoms with Crippen molar-refractivity contribution in [3.63, 3.8) is 0 Å². The number of benzene rings is 1. The lowest BCUT2D eigenvalue weighted by Crippen LogP contribution is -2.27. The first kappa shape index (κ1) is 16.0. The molecule has 1 aromatic carbocycles. The predicted molar refractivity (Wildman–Crippen MR) is 99.0 cm³/mol. The van der Waals surface area contributed by atoms with Gasteiger partial charge in [0.15, 0.2) is 0 Å². The monoisotopic (exact) mass is 343 g/mol. The van der Waals surface area contributed by atoms with Crippen LogP contribution in [-0.4, -0.2) is 25.4 Å². The number of hydrogen-bond acceptors (Lipinski definition) is 4. The highest BCUT2D eigenvalue weighted by Gasteiger charge is 2.10. The lowest BCUT2D eigenvalue weighted by molar-refractivity contribution is -0.121. The van der Waals surface area contributed by atoms with Crippen LogP contribution in [0.3, 0.4) is 0 Å². The van der Waals surface area contributed by atoms with Crippen LogP contribution in [0.25, 0.3) is 22.3 Å². The van der Waals surface area contributed by atoms with E-state index in [1.54, 1.807) is 24.9 Å². The smallest absolute Gasteiger partial charge is 0.240 e. The van der Waals surface area contributed by atoms with Crippen molar-refractivity contribution in [1.29, 1.82) is 0 Å². The van der Waals surface area contributed by atoms with E-state index in [-0.39, 0.29) is 12.5 Å². The Hall–Kier alpha value is -3.54. The minimum absolute atomic E-state index is 0.0716. The summed E-state index contributed by atoms with van der Waals surface area (Å²) in [6.07, 6.45) is 6.91. The summed E-state index contributed by atoms with van der Waals surface area (Å²) in [5, 5.41) is 2.97. The molecule has 0 saturated carbocycles. The summed E-state index contributed by atoms with van der Waals surface area (Å²) in [4.78, 5) is 25.2. The third kappa shape index (κ3) is 3.30. The maximum absolute atomic E-state index is 12.4. The Labute approximate surface area is 150 Å². The van der Waals surface area contributed by atoms with Gasteiger partial charge in [-0.05, 0) is 35.9 Å². The lowest BCUT2D eigenvalue weighted by Gasteiger charge is -2.10. The van der Waals surface area contributed by atoms with Crippen molar-refractivity contribution in [3.8, 4) is 11.3 Å². The van der Waals surface area contributed by atoms with Gasteiger partial charge in [0, 0.05) is 30.7 Å². The van der Waals surface area contributed by atoms with Crippen LogP contribution >= 0.6 is 0 Å². The number of para-hydroxylation sites is 2. The second-order valence-corrected chi connectivity index (χ2v) is 5.88. The summed E-state index contributed by atoms with van der Waals surface area (Å²) >= 11 is 0. The first-order valence-corrected chi connectivity index (χ1v) is 8.32. The van der Waals surface area contributed by atoms with E-state index < -0.39 is 0 Å². The number of rotatable bonds is 5. The number of amides is 1. The standard InChI is InChI=1S/C20H17N5O/c26-19(13-25-14-24-17-5-1-2-6-18(17)25)23-12-16-4-3-9-22-20(16)15-7-10-21-11-8-15/h1-11,14H,12-13H2,(H,23,26). The first-order chi connectivity index (χ1) is 12.8. The van der Waals surface area contributed by atoms with Gasteiger partial charge in [-0.2, -0.15) is 0 Å². The van der Waals surface area contributed by atoms with Crippen molar-refractivity contribution in [2.45, 2.75) is 13.1 Å². The molecule has 0 aliphatic carbocycles. The van der Waals surface area contributed by atoms with Crippen molar-refractivity contribution in [2.24, 2.45) is 0 Å². The van der Waals surface area contributed by atoms with Crippen molar-refractivity contribution >= 4 is 16.9 Å². The molecule has 0 fully saturated rings. The van der Waals surface area contributed by atoms with Crippen LogP contribution in [0.1, 0.15) is 5.56 Å². The number of hydrogen-bond donors (Lipinski definition) is 1. The van der Waals surface area contributed by atoms with Gasteiger partial charge in [0.2, 0.25) is 5.91 Å². The molecule has 3 aromatic heterocycles. The van der Waals surface area contributed by atoms with Gasteiger partial charge in [-0.1, -0.05) is 18.2 Å². The van der Waals surface area contributed by atoms with Crippen molar-refractivity contribution in [3.05, 3.63) is 79.0 Å². The minimum atomic E-state index is -0.0716. The normalized spacial score (nSPS) is 10.8.